The summed E-state index contributed by atoms with van der Waals surface area (Å²) in [5.74, 6) is -1.29. The quantitative estimate of drug-likeness (QED) is 0.880. The van der Waals surface area contributed by atoms with Crippen molar-refractivity contribution in [2.24, 2.45) is 0 Å². The van der Waals surface area contributed by atoms with E-state index in [1.807, 2.05) is 30.3 Å². The van der Waals surface area contributed by atoms with Gasteiger partial charge in [0.05, 0.1) is 11.6 Å². The maximum Gasteiger partial charge on any atom is 0.294 e. The summed E-state index contributed by atoms with van der Waals surface area (Å²) in [5.41, 5.74) is 2.58. The van der Waals surface area contributed by atoms with Gasteiger partial charge in [-0.3, -0.25) is 19.5 Å². The fraction of sp³-hybridized carbons (Fsp3) is 0.318. The first-order chi connectivity index (χ1) is 12.8. The monoisotopic (exact) mass is 364 g/mol. The Bertz CT molecular complexity index is 893. The minimum atomic E-state index is -0.681. The van der Waals surface area contributed by atoms with Crippen LogP contribution >= 0.6 is 0 Å². The Kier molecular flexibility index (Phi) is 4.87. The summed E-state index contributed by atoms with van der Waals surface area (Å²) < 4.78 is 0. The first-order valence-electron chi connectivity index (χ1n) is 9.06. The van der Waals surface area contributed by atoms with Gasteiger partial charge in [0, 0.05) is 24.5 Å². The van der Waals surface area contributed by atoms with Crippen molar-refractivity contribution >= 4 is 17.4 Å². The fourth-order valence-electron chi connectivity index (χ4n) is 3.32. The topological polar surface area (TPSA) is 70.5 Å². The molecular formula is C22H24N2O3. The Morgan fingerprint density at radius 2 is 1.85 bits per heavy atom. The number of rotatable bonds is 4. The van der Waals surface area contributed by atoms with Crippen molar-refractivity contribution < 1.29 is 14.7 Å². The molecule has 5 heteroatoms. The van der Waals surface area contributed by atoms with Crippen LogP contribution in [0.2, 0.25) is 0 Å². The van der Waals surface area contributed by atoms with Crippen LogP contribution in [-0.4, -0.2) is 21.8 Å². The van der Waals surface area contributed by atoms with Gasteiger partial charge >= 0.3 is 0 Å². The van der Waals surface area contributed by atoms with Gasteiger partial charge in [-0.1, -0.05) is 45.9 Å². The summed E-state index contributed by atoms with van der Waals surface area (Å²) in [6.45, 7) is 8.07. The lowest BCUT2D eigenvalue weighted by Gasteiger charge is -2.27. The number of ketones is 1. The second-order valence-electron chi connectivity index (χ2n) is 7.70. The molecule has 1 N–H and O–H groups in total. The molecule has 1 aliphatic rings. The number of hydrogen-bond acceptors (Lipinski definition) is 4. The minimum Gasteiger partial charge on any atom is -0.503 e. The average Bonchev–Trinajstić information content (AvgIpc) is 2.92. The lowest BCUT2D eigenvalue weighted by molar-refractivity contribution is -0.118. The van der Waals surface area contributed by atoms with Crippen molar-refractivity contribution in [1.82, 2.24) is 4.98 Å². The number of anilines is 1. The zero-order valence-electron chi connectivity index (χ0n) is 16.1. The largest absolute Gasteiger partial charge is 0.503 e. The van der Waals surface area contributed by atoms with Crippen LogP contribution in [0.3, 0.4) is 0 Å². The number of aliphatic hydroxyl groups is 1. The van der Waals surface area contributed by atoms with E-state index in [2.05, 4.69) is 25.8 Å². The van der Waals surface area contributed by atoms with Gasteiger partial charge in [-0.05, 0) is 34.7 Å². The van der Waals surface area contributed by atoms with E-state index in [0.717, 1.165) is 5.56 Å². The third-order valence-corrected chi connectivity index (χ3v) is 4.84. The number of pyridine rings is 1. The highest BCUT2D eigenvalue weighted by Gasteiger charge is 2.43. The maximum absolute atomic E-state index is 12.8. The minimum absolute atomic E-state index is 0.0139. The number of benzene rings is 1. The third kappa shape index (κ3) is 3.37. The zero-order chi connectivity index (χ0) is 19.8. The van der Waals surface area contributed by atoms with Gasteiger partial charge in [0.2, 0.25) is 0 Å². The van der Waals surface area contributed by atoms with E-state index in [4.69, 9.17) is 0 Å². The van der Waals surface area contributed by atoms with Crippen molar-refractivity contribution in [3.8, 4) is 0 Å². The lowest BCUT2D eigenvalue weighted by Crippen LogP contribution is -2.31. The number of aliphatic hydroxyl groups excluding tert-OH is 1. The first kappa shape index (κ1) is 18.8. The molecule has 1 aromatic heterocycles. The molecule has 0 saturated heterocycles. The van der Waals surface area contributed by atoms with Gasteiger partial charge in [0.1, 0.15) is 0 Å². The summed E-state index contributed by atoms with van der Waals surface area (Å²) in [6, 6.07) is 10.5. The van der Waals surface area contributed by atoms with Gasteiger partial charge in [0.15, 0.2) is 11.5 Å². The molecule has 140 valence electrons. The number of Topliss-reactive ketones (excluding diaryl/α,β-unsaturated/α-hetero) is 1. The van der Waals surface area contributed by atoms with Crippen molar-refractivity contribution in [3.05, 3.63) is 71.3 Å². The van der Waals surface area contributed by atoms with E-state index in [9.17, 15) is 14.7 Å². The SMILES string of the molecule is CCC(=O)C1=C(O)C(=O)N(c2ccc(C(C)(C)C)cc2)C1c1cccnc1. The van der Waals surface area contributed by atoms with E-state index in [0.29, 0.717) is 11.3 Å². The zero-order valence-corrected chi connectivity index (χ0v) is 16.1. The molecule has 3 rings (SSSR count). The predicted molar refractivity (Wildman–Crippen MR) is 105 cm³/mol. The highest BCUT2D eigenvalue weighted by molar-refractivity contribution is 6.16. The van der Waals surface area contributed by atoms with Crippen LogP contribution in [0.4, 0.5) is 5.69 Å². The Balaban J connectivity index is 2.11. The van der Waals surface area contributed by atoms with Crippen LogP contribution in [0.15, 0.2) is 60.1 Å². The molecule has 1 aliphatic heterocycles. The van der Waals surface area contributed by atoms with Crippen LogP contribution < -0.4 is 4.90 Å². The van der Waals surface area contributed by atoms with E-state index in [1.165, 1.54) is 4.90 Å². The first-order valence-corrected chi connectivity index (χ1v) is 9.06. The molecule has 1 atom stereocenters. The van der Waals surface area contributed by atoms with Crippen molar-refractivity contribution in [2.75, 3.05) is 4.90 Å². The molecule has 1 unspecified atom stereocenters. The molecule has 1 amide bonds. The third-order valence-electron chi connectivity index (χ3n) is 4.84. The molecule has 0 bridgehead atoms. The van der Waals surface area contributed by atoms with Gasteiger partial charge in [-0.25, -0.2) is 0 Å². The van der Waals surface area contributed by atoms with E-state index in [1.54, 1.807) is 25.4 Å². The maximum atomic E-state index is 12.8. The smallest absolute Gasteiger partial charge is 0.294 e. The van der Waals surface area contributed by atoms with Crippen LogP contribution in [-0.2, 0) is 15.0 Å². The Morgan fingerprint density at radius 3 is 2.37 bits per heavy atom. The Hall–Kier alpha value is -2.95. The van der Waals surface area contributed by atoms with Gasteiger partial charge in [-0.2, -0.15) is 0 Å². The standard InChI is InChI=1S/C22H24N2O3/c1-5-17(25)18-19(14-7-6-12-23-13-14)24(21(27)20(18)26)16-10-8-15(9-11-16)22(2,3)4/h6-13,19,26H,5H2,1-4H3. The molecule has 0 aliphatic carbocycles. The molecule has 1 aromatic carbocycles. The van der Waals surface area contributed by atoms with Crippen LogP contribution in [0.1, 0.15) is 51.3 Å². The number of hydrogen-bond donors (Lipinski definition) is 1. The second kappa shape index (κ2) is 6.99. The van der Waals surface area contributed by atoms with E-state index < -0.39 is 17.7 Å². The van der Waals surface area contributed by atoms with Gasteiger partial charge in [-0.15, -0.1) is 0 Å². The molecule has 2 aromatic rings. The number of aromatic nitrogens is 1. The van der Waals surface area contributed by atoms with E-state index in [-0.39, 0.29) is 23.2 Å². The summed E-state index contributed by atoms with van der Waals surface area (Å²) in [5, 5.41) is 10.5. The van der Waals surface area contributed by atoms with Crippen LogP contribution in [0.25, 0.3) is 0 Å². The number of amides is 1. The molecule has 0 fully saturated rings. The fourth-order valence-corrected chi connectivity index (χ4v) is 3.32. The van der Waals surface area contributed by atoms with Gasteiger partial charge < -0.3 is 5.11 Å². The molecule has 0 spiro atoms. The summed E-state index contributed by atoms with van der Waals surface area (Å²) >= 11 is 0. The number of nitrogens with zero attached hydrogens (tertiary/aromatic N) is 2. The predicted octanol–water partition coefficient (Wildman–Crippen LogP) is 4.26. The molecular weight excluding hydrogens is 340 g/mol. The summed E-state index contributed by atoms with van der Waals surface area (Å²) in [6.07, 6.45) is 3.46. The van der Waals surface area contributed by atoms with Crippen molar-refractivity contribution in [2.45, 2.75) is 45.6 Å². The molecule has 0 radical (unpaired) electrons. The molecule has 27 heavy (non-hydrogen) atoms. The summed E-state index contributed by atoms with van der Waals surface area (Å²) in [7, 11) is 0. The van der Waals surface area contributed by atoms with E-state index >= 15 is 0 Å². The Labute approximate surface area is 159 Å². The number of carbonyl (C=O) groups excluding carboxylic acids is 2. The van der Waals surface area contributed by atoms with Crippen LogP contribution in [0.5, 0.6) is 0 Å². The normalized spacial score (nSPS) is 17.6. The lowest BCUT2D eigenvalue weighted by atomic mass is 9.87. The highest BCUT2D eigenvalue weighted by atomic mass is 16.3. The average molecular weight is 364 g/mol. The van der Waals surface area contributed by atoms with Crippen LogP contribution in [0, 0.1) is 0 Å². The summed E-state index contributed by atoms with van der Waals surface area (Å²) in [4.78, 5) is 30.9. The molecule has 5 nitrogen and oxygen atoms in total. The van der Waals surface area contributed by atoms with Crippen molar-refractivity contribution in [1.29, 1.82) is 0 Å². The highest BCUT2D eigenvalue weighted by Crippen LogP contribution is 2.41. The molecule has 0 saturated carbocycles. The van der Waals surface area contributed by atoms with Gasteiger partial charge in [0.25, 0.3) is 5.91 Å². The number of carbonyl (C=O) groups is 2. The molecule has 2 heterocycles. The Morgan fingerprint density at radius 1 is 1.19 bits per heavy atom. The van der Waals surface area contributed by atoms with Crippen molar-refractivity contribution in [3.63, 3.8) is 0 Å². The second-order valence-corrected chi connectivity index (χ2v) is 7.70.